The minimum atomic E-state index is -0.692. The van der Waals surface area contributed by atoms with Crippen LogP contribution in [0.4, 0.5) is 0 Å². The summed E-state index contributed by atoms with van der Waals surface area (Å²) in [5, 5.41) is 18.4. The first-order chi connectivity index (χ1) is 11.4. The zero-order valence-electron chi connectivity index (χ0n) is 13.7. The van der Waals surface area contributed by atoms with Crippen LogP contribution in [0.2, 0.25) is 0 Å². The van der Waals surface area contributed by atoms with Gasteiger partial charge in [-0.05, 0) is 38.5 Å². The van der Waals surface area contributed by atoms with Gasteiger partial charge in [0.25, 0.3) is 0 Å². The molecule has 0 radical (unpaired) electrons. The third-order valence-corrected chi connectivity index (χ3v) is 3.54. The molecule has 1 aromatic carbocycles. The molecule has 0 fully saturated rings. The maximum atomic E-state index is 12.5. The molecule has 122 valence electrons. The summed E-state index contributed by atoms with van der Waals surface area (Å²) >= 11 is 0. The van der Waals surface area contributed by atoms with Crippen LogP contribution in [0, 0.1) is 22.7 Å². The number of hydrogen-bond donors (Lipinski definition) is 1. The Morgan fingerprint density at radius 2 is 1.88 bits per heavy atom. The lowest BCUT2D eigenvalue weighted by molar-refractivity contribution is -0.143. The van der Waals surface area contributed by atoms with Crippen LogP contribution in [0.15, 0.2) is 47.1 Å². The molecule has 0 amide bonds. The van der Waals surface area contributed by atoms with Crippen molar-refractivity contribution in [2.45, 2.75) is 32.8 Å². The number of carbonyl (C=O) groups excluding carboxylic acids is 1. The Morgan fingerprint density at radius 3 is 2.38 bits per heavy atom. The molecule has 0 saturated heterocycles. The second-order valence-corrected chi connectivity index (χ2v) is 5.58. The fraction of sp³-hybridized carbons (Fsp3) is 0.278. The van der Waals surface area contributed by atoms with Gasteiger partial charge in [0.1, 0.15) is 17.4 Å². The second kappa shape index (κ2) is 6.89. The minimum Gasteiger partial charge on any atom is -0.459 e. The molecule has 0 aliphatic carbocycles. The molecule has 1 aliphatic heterocycles. The van der Waals surface area contributed by atoms with Crippen LogP contribution in [0.1, 0.15) is 37.8 Å². The molecule has 1 unspecified atom stereocenters. The van der Waals surface area contributed by atoms with E-state index in [1.807, 2.05) is 12.1 Å². The number of nitriles is 2. The van der Waals surface area contributed by atoms with Gasteiger partial charge in [-0.25, -0.2) is 4.79 Å². The van der Waals surface area contributed by atoms with Gasteiger partial charge in [0.2, 0.25) is 5.88 Å². The fourth-order valence-electron chi connectivity index (χ4n) is 2.51. The first kappa shape index (κ1) is 17.1. The van der Waals surface area contributed by atoms with E-state index in [4.69, 9.17) is 20.5 Å². The van der Waals surface area contributed by atoms with Gasteiger partial charge >= 0.3 is 5.97 Å². The van der Waals surface area contributed by atoms with E-state index in [1.165, 1.54) is 0 Å². The second-order valence-electron chi connectivity index (χ2n) is 5.58. The largest absolute Gasteiger partial charge is 0.459 e. The maximum absolute atomic E-state index is 12.5. The average Bonchev–Trinajstić information content (AvgIpc) is 2.53. The molecule has 2 N–H and O–H groups in total. The topological polar surface area (TPSA) is 109 Å². The highest BCUT2D eigenvalue weighted by molar-refractivity contribution is 5.92. The zero-order chi connectivity index (χ0) is 17.9. The molecule has 0 saturated carbocycles. The quantitative estimate of drug-likeness (QED) is 0.856. The lowest BCUT2D eigenvalue weighted by Crippen LogP contribution is -2.26. The third-order valence-electron chi connectivity index (χ3n) is 3.54. The van der Waals surface area contributed by atoms with E-state index in [-0.39, 0.29) is 23.1 Å². The molecular weight excluding hydrogens is 306 g/mol. The molecule has 24 heavy (non-hydrogen) atoms. The van der Waals surface area contributed by atoms with Crippen molar-refractivity contribution in [1.29, 1.82) is 10.5 Å². The van der Waals surface area contributed by atoms with Crippen LogP contribution < -0.4 is 5.73 Å². The molecule has 2 rings (SSSR count). The number of esters is 1. The number of carbonyl (C=O) groups is 1. The third kappa shape index (κ3) is 3.23. The highest BCUT2D eigenvalue weighted by Crippen LogP contribution is 2.39. The molecule has 6 heteroatoms. The Kier molecular flexibility index (Phi) is 4.91. The molecule has 1 aromatic rings. The molecule has 1 heterocycles. The number of allylic oxidation sites excluding steroid dienone is 2. The van der Waals surface area contributed by atoms with E-state index in [9.17, 15) is 10.1 Å². The van der Waals surface area contributed by atoms with Gasteiger partial charge in [-0.3, -0.25) is 0 Å². The van der Waals surface area contributed by atoms with Crippen molar-refractivity contribution in [2.75, 3.05) is 0 Å². The SMILES string of the molecule is CC1=C(C(=O)OC(C)C)C(c2ccc(C#N)cc2)C(C#N)=C(N)O1. The molecule has 6 nitrogen and oxygen atoms in total. The van der Waals surface area contributed by atoms with Crippen LogP contribution in [0.25, 0.3) is 0 Å². The zero-order valence-corrected chi connectivity index (χ0v) is 13.7. The van der Waals surface area contributed by atoms with E-state index in [2.05, 4.69) is 0 Å². The van der Waals surface area contributed by atoms with Crippen molar-refractivity contribution in [3.8, 4) is 12.1 Å². The van der Waals surface area contributed by atoms with E-state index in [0.29, 0.717) is 16.9 Å². The Morgan fingerprint density at radius 1 is 1.25 bits per heavy atom. The first-order valence-electron chi connectivity index (χ1n) is 7.38. The normalized spacial score (nSPS) is 17.2. The number of rotatable bonds is 3. The Labute approximate surface area is 140 Å². The van der Waals surface area contributed by atoms with Crippen LogP contribution in [-0.4, -0.2) is 12.1 Å². The van der Waals surface area contributed by atoms with Crippen LogP contribution in [0.3, 0.4) is 0 Å². The number of benzene rings is 1. The lowest BCUT2D eigenvalue weighted by atomic mass is 9.83. The van der Waals surface area contributed by atoms with Crippen LogP contribution in [0.5, 0.6) is 0 Å². The fourth-order valence-corrected chi connectivity index (χ4v) is 2.51. The summed E-state index contributed by atoms with van der Waals surface area (Å²) in [5.41, 5.74) is 7.34. The van der Waals surface area contributed by atoms with Crippen molar-refractivity contribution in [3.05, 3.63) is 58.2 Å². The summed E-state index contributed by atoms with van der Waals surface area (Å²) in [6, 6.07) is 10.7. The maximum Gasteiger partial charge on any atom is 0.338 e. The Bertz CT molecular complexity index is 805. The molecule has 1 atom stereocenters. The van der Waals surface area contributed by atoms with Crippen molar-refractivity contribution in [2.24, 2.45) is 5.73 Å². The van der Waals surface area contributed by atoms with E-state index in [1.54, 1.807) is 45.0 Å². The highest BCUT2D eigenvalue weighted by Gasteiger charge is 2.36. The van der Waals surface area contributed by atoms with Crippen LogP contribution >= 0.6 is 0 Å². The summed E-state index contributed by atoms with van der Waals surface area (Å²) in [4.78, 5) is 12.5. The summed E-state index contributed by atoms with van der Waals surface area (Å²) in [5.74, 6) is -0.989. The summed E-state index contributed by atoms with van der Waals surface area (Å²) in [7, 11) is 0. The van der Waals surface area contributed by atoms with Crippen LogP contribution in [-0.2, 0) is 14.3 Å². The van der Waals surface area contributed by atoms with Crippen molar-refractivity contribution in [1.82, 2.24) is 0 Å². The van der Waals surface area contributed by atoms with Crippen molar-refractivity contribution in [3.63, 3.8) is 0 Å². The summed E-state index contributed by atoms with van der Waals surface area (Å²) in [6.45, 7) is 5.09. The van der Waals surface area contributed by atoms with Gasteiger partial charge < -0.3 is 15.2 Å². The molecular formula is C18H17N3O3. The number of ether oxygens (including phenoxy) is 2. The predicted molar refractivity (Wildman–Crippen MR) is 85.7 cm³/mol. The average molecular weight is 323 g/mol. The minimum absolute atomic E-state index is 0.0366. The summed E-state index contributed by atoms with van der Waals surface area (Å²) in [6.07, 6.45) is -0.312. The number of nitrogens with zero attached hydrogens (tertiary/aromatic N) is 2. The molecule has 0 spiro atoms. The monoisotopic (exact) mass is 323 g/mol. The van der Waals surface area contributed by atoms with Gasteiger partial charge in [-0.1, -0.05) is 12.1 Å². The van der Waals surface area contributed by atoms with E-state index < -0.39 is 11.9 Å². The lowest BCUT2D eigenvalue weighted by Gasteiger charge is -2.27. The predicted octanol–water partition coefficient (Wildman–Crippen LogP) is 2.59. The van der Waals surface area contributed by atoms with E-state index in [0.717, 1.165) is 0 Å². The molecule has 1 aliphatic rings. The Hall–Kier alpha value is -3.25. The standard InChI is InChI=1S/C18H17N3O3/c1-10(2)23-18(22)15-11(3)24-17(21)14(9-20)16(15)13-6-4-12(8-19)5-7-13/h4-7,10,16H,21H2,1-3H3. The molecule has 0 aromatic heterocycles. The summed E-state index contributed by atoms with van der Waals surface area (Å²) < 4.78 is 10.6. The van der Waals surface area contributed by atoms with Gasteiger partial charge in [0.05, 0.1) is 29.2 Å². The van der Waals surface area contributed by atoms with Crippen molar-refractivity contribution >= 4 is 5.97 Å². The van der Waals surface area contributed by atoms with Gasteiger partial charge in [0.15, 0.2) is 0 Å². The van der Waals surface area contributed by atoms with E-state index >= 15 is 0 Å². The number of hydrogen-bond acceptors (Lipinski definition) is 6. The van der Waals surface area contributed by atoms with Gasteiger partial charge in [0, 0.05) is 0 Å². The number of nitrogens with two attached hydrogens (primary N) is 1. The van der Waals surface area contributed by atoms with Crippen molar-refractivity contribution < 1.29 is 14.3 Å². The Balaban J connectivity index is 2.57. The van der Waals surface area contributed by atoms with Gasteiger partial charge in [-0.2, -0.15) is 10.5 Å². The molecule has 0 bridgehead atoms. The van der Waals surface area contributed by atoms with Gasteiger partial charge in [-0.15, -0.1) is 0 Å². The highest BCUT2D eigenvalue weighted by atomic mass is 16.5. The smallest absolute Gasteiger partial charge is 0.338 e. The first-order valence-corrected chi connectivity index (χ1v) is 7.38.